The molecule has 4 nitrogen and oxygen atoms in total. The Bertz CT molecular complexity index is 398. The first-order valence-corrected chi connectivity index (χ1v) is 11.7. The van der Waals surface area contributed by atoms with Crippen LogP contribution in [0.2, 0.25) is 0 Å². The fraction of sp³-hybridized carbons (Fsp3) is 0.913. The number of carbonyl (C=O) groups excluding carboxylic acids is 2. The number of nitrogens with one attached hydrogen (secondary N) is 1. The summed E-state index contributed by atoms with van der Waals surface area (Å²) < 4.78 is 0. The molecule has 0 saturated carbocycles. The molecule has 0 aromatic rings. The summed E-state index contributed by atoms with van der Waals surface area (Å²) in [6, 6.07) is 0. The monoisotopic (exact) mass is 380 g/mol. The van der Waals surface area contributed by atoms with Gasteiger partial charge in [-0.15, -0.1) is 0 Å². The van der Waals surface area contributed by atoms with Crippen molar-refractivity contribution in [3.05, 3.63) is 0 Å². The lowest BCUT2D eigenvalue weighted by atomic mass is 10.0. The van der Waals surface area contributed by atoms with Crippen molar-refractivity contribution in [3.63, 3.8) is 0 Å². The Morgan fingerprint density at radius 2 is 1.33 bits per heavy atom. The zero-order chi connectivity index (χ0) is 19.7. The average molecular weight is 381 g/mol. The SMILES string of the molecule is CCCCCCCCCCCCCCCCN1CC(C(=O)NCC)CC1=O. The van der Waals surface area contributed by atoms with Gasteiger partial charge in [0.2, 0.25) is 11.8 Å². The van der Waals surface area contributed by atoms with Crippen LogP contribution in [0.5, 0.6) is 0 Å². The summed E-state index contributed by atoms with van der Waals surface area (Å²) in [5, 5.41) is 2.83. The predicted octanol–water partition coefficient (Wildman–Crippen LogP) is 5.45. The van der Waals surface area contributed by atoms with Gasteiger partial charge in [-0.2, -0.15) is 0 Å². The van der Waals surface area contributed by atoms with Gasteiger partial charge in [-0.3, -0.25) is 9.59 Å². The fourth-order valence-corrected chi connectivity index (χ4v) is 3.98. The van der Waals surface area contributed by atoms with Crippen LogP contribution in [0.4, 0.5) is 0 Å². The fourth-order valence-electron chi connectivity index (χ4n) is 3.98. The van der Waals surface area contributed by atoms with Crippen molar-refractivity contribution in [1.82, 2.24) is 10.2 Å². The molecule has 4 heteroatoms. The molecule has 0 radical (unpaired) electrons. The summed E-state index contributed by atoms with van der Waals surface area (Å²) in [5.41, 5.74) is 0. The molecule has 2 amide bonds. The smallest absolute Gasteiger partial charge is 0.225 e. The number of hydrogen-bond acceptors (Lipinski definition) is 2. The second-order valence-corrected chi connectivity index (χ2v) is 8.23. The molecule has 1 atom stereocenters. The van der Waals surface area contributed by atoms with Crippen LogP contribution in [0.25, 0.3) is 0 Å². The van der Waals surface area contributed by atoms with Crippen molar-refractivity contribution >= 4 is 11.8 Å². The molecule has 1 aliphatic heterocycles. The number of unbranched alkanes of at least 4 members (excludes halogenated alkanes) is 13. The van der Waals surface area contributed by atoms with Crippen LogP contribution in [0.3, 0.4) is 0 Å². The van der Waals surface area contributed by atoms with Gasteiger partial charge in [0.15, 0.2) is 0 Å². The van der Waals surface area contributed by atoms with E-state index in [1.807, 2.05) is 11.8 Å². The molecule has 0 aromatic heterocycles. The Kier molecular flexibility index (Phi) is 14.2. The number of nitrogens with zero attached hydrogens (tertiary/aromatic N) is 1. The third-order valence-electron chi connectivity index (χ3n) is 5.72. The molecule has 1 N–H and O–H groups in total. The number of hydrogen-bond donors (Lipinski definition) is 1. The molecule has 0 aliphatic carbocycles. The van der Waals surface area contributed by atoms with E-state index < -0.39 is 0 Å². The topological polar surface area (TPSA) is 49.4 Å². The lowest BCUT2D eigenvalue weighted by Crippen LogP contribution is -2.33. The van der Waals surface area contributed by atoms with Gasteiger partial charge >= 0.3 is 0 Å². The Balaban J connectivity index is 1.88. The maximum absolute atomic E-state index is 12.0. The number of likely N-dealkylation sites (tertiary alicyclic amines) is 1. The van der Waals surface area contributed by atoms with Crippen molar-refractivity contribution in [2.75, 3.05) is 19.6 Å². The van der Waals surface area contributed by atoms with Crippen LogP contribution >= 0.6 is 0 Å². The molecule has 1 aliphatic rings. The van der Waals surface area contributed by atoms with Crippen molar-refractivity contribution in [2.45, 2.75) is 110 Å². The van der Waals surface area contributed by atoms with Gasteiger partial charge in [0.25, 0.3) is 0 Å². The quantitative estimate of drug-likeness (QED) is 0.341. The predicted molar refractivity (Wildman–Crippen MR) is 114 cm³/mol. The van der Waals surface area contributed by atoms with Gasteiger partial charge in [0.1, 0.15) is 0 Å². The minimum atomic E-state index is -0.135. The number of rotatable bonds is 17. The zero-order valence-corrected chi connectivity index (χ0v) is 18.1. The first-order valence-electron chi connectivity index (χ1n) is 11.7. The van der Waals surface area contributed by atoms with E-state index in [4.69, 9.17) is 0 Å². The molecule has 0 bridgehead atoms. The Hall–Kier alpha value is -1.06. The van der Waals surface area contributed by atoms with E-state index in [0.717, 1.165) is 13.0 Å². The van der Waals surface area contributed by atoms with E-state index in [1.165, 1.54) is 83.5 Å². The van der Waals surface area contributed by atoms with E-state index in [9.17, 15) is 9.59 Å². The van der Waals surface area contributed by atoms with Crippen molar-refractivity contribution in [3.8, 4) is 0 Å². The number of amides is 2. The van der Waals surface area contributed by atoms with E-state index in [1.54, 1.807) is 0 Å². The summed E-state index contributed by atoms with van der Waals surface area (Å²) in [6.45, 7) is 6.27. The highest BCUT2D eigenvalue weighted by Gasteiger charge is 2.33. The van der Waals surface area contributed by atoms with Gasteiger partial charge in [-0.05, 0) is 13.3 Å². The molecule has 1 unspecified atom stereocenters. The van der Waals surface area contributed by atoms with Crippen molar-refractivity contribution in [2.24, 2.45) is 5.92 Å². The highest BCUT2D eigenvalue weighted by molar-refractivity contribution is 5.89. The molecule has 0 aromatic carbocycles. The minimum absolute atomic E-state index is 0.0364. The van der Waals surface area contributed by atoms with Gasteiger partial charge in [-0.25, -0.2) is 0 Å². The maximum Gasteiger partial charge on any atom is 0.225 e. The lowest BCUT2D eigenvalue weighted by Gasteiger charge is -2.16. The summed E-state index contributed by atoms with van der Waals surface area (Å²) in [5.74, 6) is 0.0550. The van der Waals surface area contributed by atoms with Gasteiger partial charge in [-0.1, -0.05) is 90.4 Å². The number of carbonyl (C=O) groups is 2. The van der Waals surface area contributed by atoms with E-state index in [0.29, 0.717) is 19.5 Å². The molecule has 0 spiro atoms. The molecule has 1 saturated heterocycles. The normalized spacial score (nSPS) is 16.9. The molecule has 27 heavy (non-hydrogen) atoms. The molecule has 158 valence electrons. The van der Waals surface area contributed by atoms with E-state index in [2.05, 4.69) is 12.2 Å². The summed E-state index contributed by atoms with van der Waals surface area (Å²) >= 11 is 0. The Morgan fingerprint density at radius 1 is 0.852 bits per heavy atom. The minimum Gasteiger partial charge on any atom is -0.356 e. The van der Waals surface area contributed by atoms with Crippen LogP contribution in [0.1, 0.15) is 110 Å². The molecule has 1 rings (SSSR count). The van der Waals surface area contributed by atoms with Crippen molar-refractivity contribution in [1.29, 1.82) is 0 Å². The first kappa shape index (κ1) is 24.0. The van der Waals surface area contributed by atoms with Gasteiger partial charge in [0.05, 0.1) is 5.92 Å². The highest BCUT2D eigenvalue weighted by Crippen LogP contribution is 2.19. The molecule has 1 heterocycles. The summed E-state index contributed by atoms with van der Waals surface area (Å²) in [6.07, 6.45) is 19.3. The average Bonchev–Trinajstić information content (AvgIpc) is 3.03. The highest BCUT2D eigenvalue weighted by atomic mass is 16.2. The Labute approximate surface area is 167 Å². The van der Waals surface area contributed by atoms with Gasteiger partial charge in [0, 0.05) is 26.1 Å². The summed E-state index contributed by atoms with van der Waals surface area (Å²) in [7, 11) is 0. The lowest BCUT2D eigenvalue weighted by molar-refractivity contribution is -0.129. The van der Waals surface area contributed by atoms with Crippen LogP contribution in [0, 0.1) is 5.92 Å². The van der Waals surface area contributed by atoms with Crippen LogP contribution in [-0.4, -0.2) is 36.3 Å². The standard InChI is InChI=1S/C23H44N2O2/c1-3-5-6-7-8-9-10-11-12-13-14-15-16-17-18-25-20-21(19-22(25)26)23(27)24-4-2/h21H,3-20H2,1-2H3,(H,24,27). The molecular weight excluding hydrogens is 336 g/mol. The zero-order valence-electron chi connectivity index (χ0n) is 18.1. The molecule has 1 fully saturated rings. The van der Waals surface area contributed by atoms with E-state index in [-0.39, 0.29) is 17.7 Å². The van der Waals surface area contributed by atoms with Gasteiger partial charge < -0.3 is 10.2 Å². The summed E-state index contributed by atoms with van der Waals surface area (Å²) in [4.78, 5) is 25.7. The van der Waals surface area contributed by atoms with Crippen LogP contribution in [-0.2, 0) is 9.59 Å². The third kappa shape index (κ3) is 11.4. The third-order valence-corrected chi connectivity index (χ3v) is 5.72. The molecular formula is C23H44N2O2. The maximum atomic E-state index is 12.0. The Morgan fingerprint density at radius 3 is 1.81 bits per heavy atom. The largest absolute Gasteiger partial charge is 0.356 e. The van der Waals surface area contributed by atoms with Crippen molar-refractivity contribution < 1.29 is 9.59 Å². The second kappa shape index (κ2) is 15.9. The van der Waals surface area contributed by atoms with Crippen LogP contribution < -0.4 is 5.32 Å². The first-order chi connectivity index (χ1) is 13.2. The second-order valence-electron chi connectivity index (χ2n) is 8.23. The van der Waals surface area contributed by atoms with E-state index >= 15 is 0 Å². The van der Waals surface area contributed by atoms with Crippen LogP contribution in [0.15, 0.2) is 0 Å².